The Morgan fingerprint density at radius 3 is 2.52 bits per heavy atom. The molecule has 6 heteroatoms. The van der Waals surface area contributed by atoms with E-state index in [1.54, 1.807) is 0 Å². The number of halogens is 1. The molecular weight excluding hydrogens is 310 g/mol. The molecule has 0 saturated carbocycles. The van der Waals surface area contributed by atoms with Crippen molar-refractivity contribution in [2.75, 3.05) is 23.7 Å². The average molecular weight is 334 g/mol. The lowest BCUT2D eigenvalue weighted by molar-refractivity contribution is 0.661. The molecule has 1 heterocycles. The number of nitrogens with one attached hydrogen (secondary N) is 2. The maximum Gasteiger partial charge on any atom is 0.229 e. The number of hydrogen-bond donors (Lipinski definition) is 3. The second-order valence-electron chi connectivity index (χ2n) is 5.48. The molecule has 1 aromatic carbocycles. The van der Waals surface area contributed by atoms with Gasteiger partial charge in [-0.05, 0) is 50.6 Å². The summed E-state index contributed by atoms with van der Waals surface area (Å²) in [5.74, 6) is 1.42. The number of aryl methyl sites for hydroxylation is 1. The van der Waals surface area contributed by atoms with Gasteiger partial charge in [0.05, 0.1) is 0 Å². The summed E-state index contributed by atoms with van der Waals surface area (Å²) in [7, 11) is 0. The molecule has 1 aromatic heterocycles. The molecule has 5 nitrogen and oxygen atoms in total. The Morgan fingerprint density at radius 2 is 1.78 bits per heavy atom. The number of nitrogens with two attached hydrogens (primary N) is 1. The van der Waals surface area contributed by atoms with Crippen LogP contribution in [0.2, 0.25) is 5.02 Å². The molecule has 0 aliphatic rings. The van der Waals surface area contributed by atoms with Crippen LogP contribution in [0.25, 0.3) is 0 Å². The molecule has 0 spiro atoms. The number of aromatic nitrogens is 2. The van der Waals surface area contributed by atoms with Gasteiger partial charge in [0, 0.05) is 29.0 Å². The third-order valence-corrected chi connectivity index (χ3v) is 3.64. The van der Waals surface area contributed by atoms with E-state index in [2.05, 4.69) is 20.6 Å². The molecule has 0 unspecified atom stereocenters. The van der Waals surface area contributed by atoms with E-state index in [0.717, 1.165) is 43.1 Å². The fourth-order valence-corrected chi connectivity index (χ4v) is 2.34. The highest BCUT2D eigenvalue weighted by Gasteiger charge is 2.03. The van der Waals surface area contributed by atoms with Crippen molar-refractivity contribution in [2.24, 2.45) is 5.73 Å². The highest BCUT2D eigenvalue weighted by atomic mass is 35.5. The van der Waals surface area contributed by atoms with Gasteiger partial charge in [-0.2, -0.15) is 4.98 Å². The zero-order valence-electron chi connectivity index (χ0n) is 13.5. The minimum Gasteiger partial charge on any atom is -0.370 e. The molecule has 4 N–H and O–H groups in total. The summed E-state index contributed by atoms with van der Waals surface area (Å²) >= 11 is 5.89. The minimum atomic E-state index is 0.581. The third-order valence-electron chi connectivity index (χ3n) is 3.39. The van der Waals surface area contributed by atoms with E-state index in [1.165, 1.54) is 12.8 Å². The van der Waals surface area contributed by atoms with Crippen molar-refractivity contribution in [1.82, 2.24) is 9.97 Å². The summed E-state index contributed by atoms with van der Waals surface area (Å²) in [5.41, 5.74) is 7.32. The first kappa shape index (κ1) is 17.5. The molecular formula is C17H24ClN5. The fraction of sp³-hybridized carbons (Fsp3) is 0.412. The highest BCUT2D eigenvalue weighted by molar-refractivity contribution is 6.30. The lowest BCUT2D eigenvalue weighted by atomic mass is 10.2. The summed E-state index contributed by atoms with van der Waals surface area (Å²) in [5, 5.41) is 7.26. The number of anilines is 3. The van der Waals surface area contributed by atoms with Gasteiger partial charge < -0.3 is 16.4 Å². The van der Waals surface area contributed by atoms with E-state index in [-0.39, 0.29) is 0 Å². The zero-order chi connectivity index (χ0) is 16.5. The molecule has 124 valence electrons. The Morgan fingerprint density at radius 1 is 1.04 bits per heavy atom. The van der Waals surface area contributed by atoms with E-state index < -0.39 is 0 Å². The largest absolute Gasteiger partial charge is 0.370 e. The van der Waals surface area contributed by atoms with Gasteiger partial charge in [-0.25, -0.2) is 4.98 Å². The van der Waals surface area contributed by atoms with Crippen molar-refractivity contribution in [1.29, 1.82) is 0 Å². The fourth-order valence-electron chi connectivity index (χ4n) is 2.22. The second-order valence-corrected chi connectivity index (χ2v) is 5.92. The van der Waals surface area contributed by atoms with Gasteiger partial charge >= 0.3 is 0 Å². The average Bonchev–Trinajstić information content (AvgIpc) is 2.52. The van der Waals surface area contributed by atoms with Crippen LogP contribution < -0.4 is 16.4 Å². The van der Waals surface area contributed by atoms with Crippen LogP contribution in [0.4, 0.5) is 17.5 Å². The summed E-state index contributed by atoms with van der Waals surface area (Å²) < 4.78 is 0. The van der Waals surface area contributed by atoms with E-state index in [9.17, 15) is 0 Å². The van der Waals surface area contributed by atoms with Crippen molar-refractivity contribution < 1.29 is 0 Å². The lowest BCUT2D eigenvalue weighted by Crippen LogP contribution is -2.07. The molecule has 0 aliphatic carbocycles. The molecule has 0 amide bonds. The smallest absolute Gasteiger partial charge is 0.229 e. The van der Waals surface area contributed by atoms with Crippen LogP contribution in [0.1, 0.15) is 31.4 Å². The van der Waals surface area contributed by atoms with Crippen LogP contribution in [0, 0.1) is 6.92 Å². The lowest BCUT2D eigenvalue weighted by Gasteiger charge is -2.10. The van der Waals surface area contributed by atoms with Gasteiger partial charge in [0.25, 0.3) is 0 Å². The summed E-state index contributed by atoms with van der Waals surface area (Å²) in [6.45, 7) is 3.64. The zero-order valence-corrected chi connectivity index (χ0v) is 14.2. The van der Waals surface area contributed by atoms with Crippen LogP contribution in [0.5, 0.6) is 0 Å². The minimum absolute atomic E-state index is 0.581. The van der Waals surface area contributed by atoms with Gasteiger partial charge in [0.15, 0.2) is 0 Å². The van der Waals surface area contributed by atoms with E-state index >= 15 is 0 Å². The van der Waals surface area contributed by atoms with Crippen LogP contribution in [-0.4, -0.2) is 23.1 Å². The number of unbranched alkanes of at least 4 members (excludes halogenated alkanes) is 3. The monoisotopic (exact) mass is 333 g/mol. The standard InChI is InChI=1S/C17H24ClN5/c1-13-12-16(20-11-5-3-2-4-10-19)23-17(21-13)22-15-8-6-14(18)7-9-15/h6-9,12H,2-5,10-11,19H2,1H3,(H2,20,21,22,23). The van der Waals surface area contributed by atoms with Crippen LogP contribution in [0.3, 0.4) is 0 Å². The quantitative estimate of drug-likeness (QED) is 0.602. The summed E-state index contributed by atoms with van der Waals surface area (Å²) in [6, 6.07) is 9.42. The van der Waals surface area contributed by atoms with Gasteiger partial charge in [-0.3, -0.25) is 0 Å². The van der Waals surface area contributed by atoms with Crippen LogP contribution >= 0.6 is 11.6 Å². The van der Waals surface area contributed by atoms with Crippen molar-refractivity contribution in [3.8, 4) is 0 Å². The van der Waals surface area contributed by atoms with Gasteiger partial charge in [-0.1, -0.05) is 24.4 Å². The summed E-state index contributed by atoms with van der Waals surface area (Å²) in [4.78, 5) is 8.91. The van der Waals surface area contributed by atoms with Crippen LogP contribution in [-0.2, 0) is 0 Å². The van der Waals surface area contributed by atoms with Crippen LogP contribution in [0.15, 0.2) is 30.3 Å². The first-order chi connectivity index (χ1) is 11.2. The molecule has 0 fully saturated rings. The predicted octanol–water partition coefficient (Wildman–Crippen LogP) is 4.11. The normalized spacial score (nSPS) is 10.6. The molecule has 0 bridgehead atoms. The first-order valence-electron chi connectivity index (χ1n) is 7.99. The van der Waals surface area contributed by atoms with Crippen molar-refractivity contribution in [3.05, 3.63) is 41.0 Å². The Labute approximate surface area is 142 Å². The third kappa shape index (κ3) is 6.42. The number of rotatable bonds is 9. The molecule has 2 aromatic rings. The maximum absolute atomic E-state index is 5.89. The molecule has 2 rings (SSSR count). The molecule has 0 saturated heterocycles. The predicted molar refractivity (Wildman–Crippen MR) is 97.5 cm³/mol. The second kappa shape index (κ2) is 9.33. The molecule has 23 heavy (non-hydrogen) atoms. The van der Waals surface area contributed by atoms with E-state index in [4.69, 9.17) is 17.3 Å². The molecule has 0 aliphatic heterocycles. The molecule has 0 atom stereocenters. The topological polar surface area (TPSA) is 75.9 Å². The Bertz CT molecular complexity index is 600. The van der Waals surface area contributed by atoms with E-state index in [0.29, 0.717) is 11.0 Å². The number of nitrogens with zero attached hydrogens (tertiary/aromatic N) is 2. The van der Waals surface area contributed by atoms with E-state index in [1.807, 2.05) is 37.3 Å². The number of benzene rings is 1. The number of hydrogen-bond acceptors (Lipinski definition) is 5. The maximum atomic E-state index is 5.89. The van der Waals surface area contributed by atoms with Gasteiger partial charge in [0.1, 0.15) is 5.82 Å². The highest BCUT2D eigenvalue weighted by Crippen LogP contribution is 2.18. The summed E-state index contributed by atoms with van der Waals surface area (Å²) in [6.07, 6.45) is 4.58. The first-order valence-corrected chi connectivity index (χ1v) is 8.37. The van der Waals surface area contributed by atoms with Crippen molar-refractivity contribution in [3.63, 3.8) is 0 Å². The Kier molecular flexibility index (Phi) is 7.10. The van der Waals surface area contributed by atoms with Gasteiger partial charge in [0.2, 0.25) is 5.95 Å². The SMILES string of the molecule is Cc1cc(NCCCCCCN)nc(Nc2ccc(Cl)cc2)n1. The van der Waals surface area contributed by atoms with Crippen molar-refractivity contribution in [2.45, 2.75) is 32.6 Å². The van der Waals surface area contributed by atoms with Gasteiger partial charge in [-0.15, -0.1) is 0 Å². The Hall–Kier alpha value is -1.85. The Balaban J connectivity index is 1.89. The molecule has 0 radical (unpaired) electrons. The van der Waals surface area contributed by atoms with Crippen molar-refractivity contribution >= 4 is 29.1 Å².